The molecule has 8 heteroatoms. The van der Waals surface area contributed by atoms with Crippen molar-refractivity contribution in [1.82, 2.24) is 4.90 Å². The van der Waals surface area contributed by atoms with Gasteiger partial charge in [0.1, 0.15) is 0 Å². The highest BCUT2D eigenvalue weighted by Gasteiger charge is 2.41. The Morgan fingerprint density at radius 3 is 2.46 bits per heavy atom. The number of carbonyl (C=O) groups is 2. The molecule has 3 aromatic carbocycles. The van der Waals surface area contributed by atoms with E-state index in [0.717, 1.165) is 35.7 Å². The lowest BCUT2D eigenvalue weighted by Crippen LogP contribution is -2.44. The molecule has 1 heterocycles. The van der Waals surface area contributed by atoms with Crippen molar-refractivity contribution < 1.29 is 19.1 Å². The Bertz CT molecular complexity index is 1420. The van der Waals surface area contributed by atoms with Crippen LogP contribution in [-0.4, -0.2) is 41.1 Å². The third-order valence-corrected chi connectivity index (χ3v) is 8.18. The van der Waals surface area contributed by atoms with Crippen LogP contribution in [0.5, 0.6) is 11.5 Å². The van der Waals surface area contributed by atoms with Crippen molar-refractivity contribution in [1.29, 1.82) is 0 Å². The minimum atomic E-state index is -0.264. The van der Waals surface area contributed by atoms with Crippen LogP contribution < -0.4 is 14.8 Å². The Balaban J connectivity index is 1.37. The van der Waals surface area contributed by atoms with Gasteiger partial charge in [0.05, 0.1) is 17.2 Å². The number of hydrogen-bond donors (Lipinski definition) is 1. The molecule has 1 saturated heterocycles. The maximum absolute atomic E-state index is 13.8. The molecule has 0 spiro atoms. The van der Waals surface area contributed by atoms with Crippen LogP contribution in [0.1, 0.15) is 45.1 Å². The van der Waals surface area contributed by atoms with Crippen LogP contribution in [0.25, 0.3) is 6.08 Å². The van der Waals surface area contributed by atoms with Gasteiger partial charge < -0.3 is 14.8 Å². The summed E-state index contributed by atoms with van der Waals surface area (Å²) >= 11 is 1.41. The Kier molecular flexibility index (Phi) is 9.41. The third-order valence-electron chi connectivity index (χ3n) is 7.20. The van der Waals surface area contributed by atoms with Gasteiger partial charge in [0.2, 0.25) is 0 Å². The van der Waals surface area contributed by atoms with Gasteiger partial charge in [-0.1, -0.05) is 62.2 Å². The average Bonchev–Trinajstić information content (AvgIpc) is 3.27. The summed E-state index contributed by atoms with van der Waals surface area (Å²) in [6.07, 6.45) is 6.29. The quantitative estimate of drug-likeness (QED) is 0.274. The molecule has 1 N–H and O–H groups in total. The first-order valence-electron chi connectivity index (χ1n) is 14.1. The maximum atomic E-state index is 13.8. The molecular formula is C33H35N3O4S. The van der Waals surface area contributed by atoms with Gasteiger partial charge in [0.25, 0.3) is 11.8 Å². The summed E-state index contributed by atoms with van der Waals surface area (Å²) in [7, 11) is 0. The van der Waals surface area contributed by atoms with Gasteiger partial charge in [-0.15, -0.1) is 0 Å². The molecule has 2 amide bonds. The number of aliphatic imine (C=N–C) groups is 1. The predicted molar refractivity (Wildman–Crippen MR) is 166 cm³/mol. The van der Waals surface area contributed by atoms with Crippen LogP contribution in [0.4, 0.5) is 11.4 Å². The van der Waals surface area contributed by atoms with Crippen molar-refractivity contribution >= 4 is 46.2 Å². The van der Waals surface area contributed by atoms with E-state index in [2.05, 4.69) is 12.2 Å². The van der Waals surface area contributed by atoms with Crippen LogP contribution in [-0.2, 0) is 9.59 Å². The van der Waals surface area contributed by atoms with E-state index in [1.54, 1.807) is 6.07 Å². The largest absolute Gasteiger partial charge is 0.490 e. The summed E-state index contributed by atoms with van der Waals surface area (Å²) in [5.74, 6) is 1.11. The zero-order valence-corrected chi connectivity index (χ0v) is 24.2. The minimum Gasteiger partial charge on any atom is -0.490 e. The summed E-state index contributed by atoms with van der Waals surface area (Å²) in [6.45, 7) is 4.40. The van der Waals surface area contributed by atoms with Crippen LogP contribution in [0.2, 0.25) is 0 Å². The molecule has 1 aliphatic carbocycles. The predicted octanol–water partition coefficient (Wildman–Crippen LogP) is 7.29. The van der Waals surface area contributed by atoms with Crippen LogP contribution in [0, 0.1) is 5.92 Å². The number of amidine groups is 1. The van der Waals surface area contributed by atoms with Crippen LogP contribution >= 0.6 is 11.8 Å². The SMILES string of the molecule is CCOc1cc(/C=C2\SC(=Nc3ccccc3)N([C@H]3CCCC[C@@H]3C)C2=O)ccc1OCC(=O)Nc1ccccc1. The summed E-state index contributed by atoms with van der Waals surface area (Å²) in [5, 5.41) is 3.54. The molecule has 0 bridgehead atoms. The molecule has 0 radical (unpaired) electrons. The average molecular weight is 570 g/mol. The van der Waals surface area contributed by atoms with Gasteiger partial charge in [-0.2, -0.15) is 0 Å². The molecule has 2 aliphatic rings. The Morgan fingerprint density at radius 1 is 1.00 bits per heavy atom. The summed E-state index contributed by atoms with van der Waals surface area (Å²) < 4.78 is 11.6. The number of benzene rings is 3. The van der Waals surface area contributed by atoms with E-state index in [4.69, 9.17) is 14.5 Å². The number of amides is 2. The Labute approximate surface area is 245 Å². The van der Waals surface area contributed by atoms with Crippen molar-refractivity contribution in [3.8, 4) is 11.5 Å². The van der Waals surface area contributed by atoms with Gasteiger partial charge in [-0.25, -0.2) is 4.99 Å². The molecule has 7 nitrogen and oxygen atoms in total. The first-order chi connectivity index (χ1) is 20.0. The lowest BCUT2D eigenvalue weighted by molar-refractivity contribution is -0.125. The number of para-hydroxylation sites is 2. The Hall–Kier alpha value is -4.04. The highest BCUT2D eigenvalue weighted by Crippen LogP contribution is 2.40. The fraction of sp³-hybridized carbons (Fsp3) is 0.303. The standard InChI is InChI=1S/C33H35N3O4S/c1-3-39-29-20-24(18-19-28(29)40-22-31(37)34-25-13-6-4-7-14-25)21-30-32(38)36(27-17-11-10-12-23(27)2)33(41-30)35-26-15-8-5-9-16-26/h4-9,13-16,18-21,23,27H,3,10-12,17,22H2,1-2H3,(H,34,37)/b30-21-,35-33?/t23-,27-/m0/s1. The van der Waals surface area contributed by atoms with Crippen molar-refractivity contribution in [3.05, 3.63) is 89.3 Å². The highest BCUT2D eigenvalue weighted by atomic mass is 32.2. The fourth-order valence-electron chi connectivity index (χ4n) is 5.17. The van der Waals surface area contributed by atoms with Crippen molar-refractivity contribution in [3.63, 3.8) is 0 Å². The van der Waals surface area contributed by atoms with E-state index in [9.17, 15) is 9.59 Å². The lowest BCUT2D eigenvalue weighted by atomic mass is 9.85. The van der Waals surface area contributed by atoms with E-state index in [-0.39, 0.29) is 24.5 Å². The van der Waals surface area contributed by atoms with E-state index in [1.807, 2.05) is 90.7 Å². The minimum absolute atomic E-state index is 0.0145. The number of nitrogens with one attached hydrogen (secondary N) is 1. The number of carbonyl (C=O) groups excluding carboxylic acids is 2. The molecule has 2 fully saturated rings. The van der Waals surface area contributed by atoms with Crippen molar-refractivity contribution in [2.45, 2.75) is 45.6 Å². The molecule has 41 heavy (non-hydrogen) atoms. The smallest absolute Gasteiger partial charge is 0.267 e. The highest BCUT2D eigenvalue weighted by molar-refractivity contribution is 8.18. The van der Waals surface area contributed by atoms with Crippen LogP contribution in [0.3, 0.4) is 0 Å². The first kappa shape index (κ1) is 28.5. The van der Waals surface area contributed by atoms with Gasteiger partial charge >= 0.3 is 0 Å². The zero-order chi connectivity index (χ0) is 28.6. The number of rotatable bonds is 9. The van der Waals surface area contributed by atoms with Gasteiger partial charge in [-0.3, -0.25) is 14.5 Å². The summed E-state index contributed by atoms with van der Waals surface area (Å²) in [4.78, 5) is 33.6. The summed E-state index contributed by atoms with van der Waals surface area (Å²) in [6, 6.07) is 24.6. The third kappa shape index (κ3) is 7.19. The van der Waals surface area contributed by atoms with E-state index < -0.39 is 0 Å². The summed E-state index contributed by atoms with van der Waals surface area (Å²) in [5.41, 5.74) is 2.34. The first-order valence-corrected chi connectivity index (χ1v) is 14.9. The normalized spacial score (nSPS) is 20.8. The van der Waals surface area contributed by atoms with Gasteiger partial charge in [0, 0.05) is 11.7 Å². The number of anilines is 1. The monoisotopic (exact) mass is 569 g/mol. The number of nitrogens with zero attached hydrogens (tertiary/aromatic N) is 2. The second-order valence-corrected chi connectivity index (χ2v) is 11.2. The van der Waals surface area contributed by atoms with E-state index in [0.29, 0.717) is 34.6 Å². The second-order valence-electron chi connectivity index (χ2n) is 10.2. The molecule has 212 valence electrons. The van der Waals surface area contributed by atoms with Crippen molar-refractivity contribution in [2.75, 3.05) is 18.5 Å². The lowest BCUT2D eigenvalue weighted by Gasteiger charge is -2.35. The molecule has 5 rings (SSSR count). The molecule has 0 aromatic heterocycles. The van der Waals surface area contributed by atoms with E-state index >= 15 is 0 Å². The van der Waals surface area contributed by atoms with Gasteiger partial charge in [-0.05, 0) is 85.5 Å². The zero-order valence-electron chi connectivity index (χ0n) is 23.4. The molecule has 0 unspecified atom stereocenters. The maximum Gasteiger partial charge on any atom is 0.267 e. The van der Waals surface area contributed by atoms with Crippen LogP contribution in [0.15, 0.2) is 88.8 Å². The topological polar surface area (TPSA) is 80.2 Å². The Morgan fingerprint density at radius 2 is 1.73 bits per heavy atom. The number of thioether (sulfide) groups is 1. The fourth-order valence-corrected chi connectivity index (χ4v) is 6.21. The van der Waals surface area contributed by atoms with E-state index in [1.165, 1.54) is 18.2 Å². The molecular weight excluding hydrogens is 534 g/mol. The number of ether oxygens (including phenoxy) is 2. The molecule has 3 aromatic rings. The molecule has 2 atom stereocenters. The molecule has 1 aliphatic heterocycles. The van der Waals surface area contributed by atoms with Crippen molar-refractivity contribution in [2.24, 2.45) is 10.9 Å². The van der Waals surface area contributed by atoms with Gasteiger partial charge in [0.15, 0.2) is 23.3 Å². The second kappa shape index (κ2) is 13.5. The number of hydrogen-bond acceptors (Lipinski definition) is 6. The molecule has 1 saturated carbocycles.